The van der Waals surface area contributed by atoms with Crippen molar-refractivity contribution >= 4 is 49.3 Å². The van der Waals surface area contributed by atoms with Crippen LogP contribution in [-0.2, 0) is 5.41 Å². The van der Waals surface area contributed by atoms with Gasteiger partial charge in [-0.25, -0.2) is 0 Å². The number of rotatable bonds is 3. The molecule has 0 saturated carbocycles. The van der Waals surface area contributed by atoms with E-state index >= 15 is 0 Å². The van der Waals surface area contributed by atoms with Gasteiger partial charge in [-0.1, -0.05) is 135 Å². The van der Waals surface area contributed by atoms with Crippen LogP contribution in [0.2, 0.25) is 0 Å². The molecular weight excluding hydrogens is 569 g/mol. The lowest BCUT2D eigenvalue weighted by molar-refractivity contribution is 0.612. The molecule has 2 heteroatoms. The van der Waals surface area contributed by atoms with E-state index in [9.17, 15) is 0 Å². The molecule has 224 valence electrons. The van der Waals surface area contributed by atoms with Crippen LogP contribution in [0.3, 0.4) is 0 Å². The van der Waals surface area contributed by atoms with E-state index in [2.05, 4.69) is 175 Å². The fourth-order valence-corrected chi connectivity index (χ4v) is 8.82. The summed E-state index contributed by atoms with van der Waals surface area (Å²) in [6, 6.07) is 51.3. The van der Waals surface area contributed by atoms with Crippen LogP contribution in [0, 0.1) is 0 Å². The fraction of sp³-hybridized carbons (Fsp3) is 0.111. The highest BCUT2D eigenvalue weighted by molar-refractivity contribution is 6.26. The lowest BCUT2D eigenvalue weighted by Crippen LogP contribution is -2.18. The Labute approximate surface area is 274 Å². The molecule has 0 radical (unpaired) electrons. The highest BCUT2D eigenvalue weighted by atomic mass is 15.0. The Morgan fingerprint density at radius 2 is 1.19 bits per heavy atom. The lowest BCUT2D eigenvalue weighted by Gasteiger charge is -2.28. The van der Waals surface area contributed by atoms with Gasteiger partial charge in [0.25, 0.3) is 0 Å². The van der Waals surface area contributed by atoms with E-state index in [0.717, 1.165) is 6.42 Å². The third-order valence-electron chi connectivity index (χ3n) is 11.0. The number of fused-ring (bicyclic) bond motifs is 10. The zero-order chi connectivity index (χ0) is 31.3. The minimum absolute atomic E-state index is 0.0489. The van der Waals surface area contributed by atoms with E-state index in [1.54, 1.807) is 0 Å². The van der Waals surface area contributed by atoms with E-state index in [0.29, 0.717) is 5.92 Å². The number of hydrogen-bond acceptors (Lipinski definition) is 0. The van der Waals surface area contributed by atoms with Crippen molar-refractivity contribution in [1.82, 2.24) is 9.13 Å². The predicted molar refractivity (Wildman–Crippen MR) is 198 cm³/mol. The Balaban J connectivity index is 1.24. The van der Waals surface area contributed by atoms with Crippen LogP contribution in [-0.4, -0.2) is 9.13 Å². The minimum Gasteiger partial charge on any atom is -0.313 e. The second-order valence-electron chi connectivity index (χ2n) is 13.7. The van der Waals surface area contributed by atoms with Crippen molar-refractivity contribution in [2.24, 2.45) is 0 Å². The summed E-state index contributed by atoms with van der Waals surface area (Å²) in [5, 5.41) is 5.17. The van der Waals surface area contributed by atoms with Gasteiger partial charge in [-0.2, -0.15) is 0 Å². The maximum absolute atomic E-state index is 2.55. The first kappa shape index (κ1) is 26.6. The molecule has 2 aromatic heterocycles. The van der Waals surface area contributed by atoms with E-state index in [4.69, 9.17) is 0 Å². The molecule has 0 bridgehead atoms. The summed E-state index contributed by atoms with van der Waals surface area (Å²) in [5.74, 6) is 0.399. The lowest BCUT2D eigenvalue weighted by atomic mass is 9.78. The molecule has 0 N–H and O–H groups in total. The van der Waals surface area contributed by atoms with Crippen LogP contribution in [0.1, 0.15) is 37.3 Å². The molecule has 6 aromatic carbocycles. The van der Waals surface area contributed by atoms with Gasteiger partial charge < -0.3 is 9.13 Å². The Kier molecular flexibility index (Phi) is 5.49. The first-order valence-electron chi connectivity index (χ1n) is 16.7. The minimum atomic E-state index is 0.0489. The zero-order valence-electron chi connectivity index (χ0n) is 26.6. The Hall–Kier alpha value is -5.60. The fourth-order valence-electron chi connectivity index (χ4n) is 8.82. The van der Waals surface area contributed by atoms with Crippen LogP contribution in [0.5, 0.6) is 0 Å². The Morgan fingerprint density at radius 1 is 0.532 bits per heavy atom. The third kappa shape index (κ3) is 3.67. The number of nitrogens with zero attached hydrogens (tertiary/aromatic N) is 2. The maximum atomic E-state index is 2.55. The Bertz CT molecular complexity index is 2610. The van der Waals surface area contributed by atoms with Crippen LogP contribution >= 0.6 is 0 Å². The van der Waals surface area contributed by atoms with Gasteiger partial charge in [0.15, 0.2) is 0 Å². The monoisotopic (exact) mass is 602 g/mol. The Morgan fingerprint density at radius 3 is 2.00 bits per heavy atom. The molecule has 2 aliphatic rings. The molecule has 10 rings (SSSR count). The topological polar surface area (TPSA) is 9.86 Å². The van der Waals surface area contributed by atoms with Gasteiger partial charge in [-0.15, -0.1) is 0 Å². The number of hydrogen-bond donors (Lipinski definition) is 0. The van der Waals surface area contributed by atoms with Crippen LogP contribution < -0.4 is 0 Å². The molecule has 0 spiro atoms. The van der Waals surface area contributed by atoms with Crippen molar-refractivity contribution in [3.8, 4) is 16.8 Å². The van der Waals surface area contributed by atoms with Crippen LogP contribution in [0.15, 0.2) is 157 Å². The molecule has 2 heterocycles. The molecule has 2 nitrogen and oxygen atoms in total. The zero-order valence-corrected chi connectivity index (χ0v) is 26.6. The summed E-state index contributed by atoms with van der Waals surface area (Å²) in [4.78, 5) is 0. The molecule has 0 saturated heterocycles. The molecule has 2 aliphatic carbocycles. The molecular formula is C45H34N2. The van der Waals surface area contributed by atoms with Gasteiger partial charge in [-0.3, -0.25) is 0 Å². The van der Waals surface area contributed by atoms with Gasteiger partial charge in [0.05, 0.1) is 22.1 Å². The normalized spacial score (nSPS) is 16.9. The number of aromatic nitrogens is 2. The van der Waals surface area contributed by atoms with Crippen molar-refractivity contribution in [2.75, 3.05) is 0 Å². The van der Waals surface area contributed by atoms with Gasteiger partial charge in [-0.05, 0) is 65.1 Å². The average Bonchev–Trinajstić information content (AvgIpc) is 3.72. The molecule has 8 aromatic rings. The summed E-state index contributed by atoms with van der Waals surface area (Å²) < 4.78 is 5.04. The van der Waals surface area contributed by atoms with E-state index in [1.807, 2.05) is 0 Å². The predicted octanol–water partition coefficient (Wildman–Crippen LogP) is 11.8. The first-order chi connectivity index (χ1) is 23.1. The number of benzene rings is 6. The largest absolute Gasteiger partial charge is 0.313 e. The summed E-state index contributed by atoms with van der Waals surface area (Å²) in [6.45, 7) is 4.78. The second kappa shape index (κ2) is 9.70. The molecule has 47 heavy (non-hydrogen) atoms. The van der Waals surface area contributed by atoms with E-state index in [-0.39, 0.29) is 5.41 Å². The van der Waals surface area contributed by atoms with Crippen molar-refractivity contribution in [1.29, 1.82) is 0 Å². The highest BCUT2D eigenvalue weighted by Crippen LogP contribution is 2.55. The van der Waals surface area contributed by atoms with Crippen molar-refractivity contribution in [3.63, 3.8) is 0 Å². The smallest absolute Gasteiger partial charge is 0.0641 e. The summed E-state index contributed by atoms with van der Waals surface area (Å²) in [6.07, 6.45) is 5.81. The second-order valence-corrected chi connectivity index (χ2v) is 13.7. The summed E-state index contributed by atoms with van der Waals surface area (Å²) in [5.41, 5.74) is 14.5. The first-order valence-corrected chi connectivity index (χ1v) is 16.7. The van der Waals surface area contributed by atoms with Gasteiger partial charge in [0.2, 0.25) is 0 Å². The standard InChI is InChI=1S/C45H34N2/c1-45(2)38-17-9-6-14-33(38)37-28-32(24-26-39(37)45)46-41-19-11-8-16-36(41)43-42(46)27-25-35-34-15-7-10-18-40(34)47(44(35)43)31-22-20-30(21-23-31)29-12-4-3-5-13-29/h3-27,37H,28H2,1-2H3. The van der Waals surface area contributed by atoms with Gasteiger partial charge in [0, 0.05) is 44.3 Å². The molecule has 0 aliphatic heterocycles. The molecule has 1 atom stereocenters. The van der Waals surface area contributed by atoms with Gasteiger partial charge in [0.1, 0.15) is 0 Å². The van der Waals surface area contributed by atoms with Gasteiger partial charge >= 0.3 is 0 Å². The van der Waals surface area contributed by atoms with Crippen LogP contribution in [0.4, 0.5) is 0 Å². The summed E-state index contributed by atoms with van der Waals surface area (Å²) in [7, 11) is 0. The quantitative estimate of drug-likeness (QED) is 0.190. The highest BCUT2D eigenvalue weighted by Gasteiger charge is 2.42. The number of para-hydroxylation sites is 2. The molecule has 1 unspecified atom stereocenters. The third-order valence-corrected chi connectivity index (χ3v) is 11.0. The van der Waals surface area contributed by atoms with Crippen molar-refractivity contribution in [2.45, 2.75) is 31.6 Å². The SMILES string of the molecule is CC1(C)C2=CC=C(n3c4ccccc4c4c3ccc3c5ccccc5n(-c5ccc(-c6ccccc6)cc5)c34)CC2c2ccccc21. The molecule has 0 amide bonds. The molecule has 0 fully saturated rings. The van der Waals surface area contributed by atoms with Crippen molar-refractivity contribution in [3.05, 3.63) is 168 Å². The summed E-state index contributed by atoms with van der Waals surface area (Å²) >= 11 is 0. The van der Waals surface area contributed by atoms with Crippen LogP contribution in [0.25, 0.3) is 66.1 Å². The number of allylic oxidation sites excluding steroid dienone is 4. The van der Waals surface area contributed by atoms with E-state index in [1.165, 1.54) is 82.8 Å². The van der Waals surface area contributed by atoms with Crippen molar-refractivity contribution < 1.29 is 0 Å². The average molecular weight is 603 g/mol. The maximum Gasteiger partial charge on any atom is 0.0641 e. The van der Waals surface area contributed by atoms with E-state index < -0.39 is 0 Å².